The van der Waals surface area contributed by atoms with Crippen molar-refractivity contribution in [3.05, 3.63) is 35.4 Å². The van der Waals surface area contributed by atoms with Crippen molar-refractivity contribution < 1.29 is 8.78 Å². The molecule has 1 aromatic rings. The molecule has 1 aliphatic heterocycles. The van der Waals surface area contributed by atoms with E-state index in [9.17, 15) is 8.78 Å². The molecule has 0 aromatic heterocycles. The van der Waals surface area contributed by atoms with E-state index in [4.69, 9.17) is 5.73 Å². The molecule has 0 aliphatic carbocycles. The second-order valence-corrected chi connectivity index (χ2v) is 5.19. The van der Waals surface area contributed by atoms with Crippen molar-refractivity contribution in [1.82, 2.24) is 9.80 Å². The van der Waals surface area contributed by atoms with Gasteiger partial charge in [0.05, 0.1) is 0 Å². The molecule has 1 heterocycles. The van der Waals surface area contributed by atoms with Crippen molar-refractivity contribution in [1.29, 1.82) is 0 Å². The molecule has 1 aromatic carbocycles. The number of guanidine groups is 1. The normalized spacial score (nSPS) is 18.9. The van der Waals surface area contributed by atoms with Gasteiger partial charge in [-0.1, -0.05) is 13.0 Å². The molecule has 0 spiro atoms. The minimum Gasteiger partial charge on any atom is -0.370 e. The zero-order valence-electron chi connectivity index (χ0n) is 12.5. The van der Waals surface area contributed by atoms with Crippen molar-refractivity contribution in [3.63, 3.8) is 0 Å². The summed E-state index contributed by atoms with van der Waals surface area (Å²) in [6, 6.07) is 3.79. The van der Waals surface area contributed by atoms with E-state index in [0.29, 0.717) is 11.5 Å². The summed E-state index contributed by atoms with van der Waals surface area (Å²) >= 11 is 0. The Labute approximate surface area is 124 Å². The molecular weight excluding hydrogens is 274 g/mol. The molecule has 1 fully saturated rings. The lowest BCUT2D eigenvalue weighted by Crippen LogP contribution is -2.51. The Hall–Kier alpha value is -1.69. The molecule has 1 atom stereocenters. The number of halogens is 2. The van der Waals surface area contributed by atoms with Gasteiger partial charge in [0.25, 0.3) is 0 Å². The minimum atomic E-state index is -0.539. The number of nitrogens with two attached hydrogens (primary N) is 1. The van der Waals surface area contributed by atoms with E-state index < -0.39 is 11.6 Å². The molecular formula is C15H22F2N4. The fourth-order valence-corrected chi connectivity index (χ4v) is 2.85. The van der Waals surface area contributed by atoms with E-state index in [1.807, 2.05) is 11.8 Å². The van der Waals surface area contributed by atoms with Crippen molar-refractivity contribution in [2.45, 2.75) is 19.4 Å². The van der Waals surface area contributed by atoms with Gasteiger partial charge in [0, 0.05) is 50.9 Å². The van der Waals surface area contributed by atoms with Crippen LogP contribution < -0.4 is 5.73 Å². The first-order chi connectivity index (χ1) is 10.1. The fraction of sp³-hybridized carbons (Fsp3) is 0.533. The van der Waals surface area contributed by atoms with Gasteiger partial charge in [-0.05, 0) is 12.5 Å². The Morgan fingerprint density at radius 1 is 1.29 bits per heavy atom. The standard InChI is InChI=1S/C15H22F2N4/c1-3-14(12-5-4-11(16)10-13(12)17)20-6-8-21(9-7-20)15(18)19-2/h4-5,10,14H,3,6-9H2,1-2H3,(H2,18,19). The molecule has 0 bridgehead atoms. The van der Waals surface area contributed by atoms with Crippen molar-refractivity contribution in [2.75, 3.05) is 33.2 Å². The van der Waals surface area contributed by atoms with E-state index in [1.54, 1.807) is 13.1 Å². The molecule has 4 nitrogen and oxygen atoms in total. The Morgan fingerprint density at radius 3 is 2.48 bits per heavy atom. The van der Waals surface area contributed by atoms with Gasteiger partial charge in [-0.2, -0.15) is 0 Å². The lowest BCUT2D eigenvalue weighted by molar-refractivity contribution is 0.126. The number of rotatable bonds is 3. The second kappa shape index (κ2) is 6.85. The largest absolute Gasteiger partial charge is 0.370 e. The second-order valence-electron chi connectivity index (χ2n) is 5.19. The van der Waals surface area contributed by atoms with Gasteiger partial charge in [-0.3, -0.25) is 9.89 Å². The third-order valence-electron chi connectivity index (χ3n) is 4.02. The van der Waals surface area contributed by atoms with Crippen LogP contribution in [-0.4, -0.2) is 49.0 Å². The van der Waals surface area contributed by atoms with Gasteiger partial charge in [-0.15, -0.1) is 0 Å². The SMILES string of the molecule is CCC(c1ccc(F)cc1F)N1CCN(C(N)=NC)CC1. The summed E-state index contributed by atoms with van der Waals surface area (Å²) in [5, 5.41) is 0. The molecule has 1 aliphatic rings. The summed E-state index contributed by atoms with van der Waals surface area (Å²) in [5.74, 6) is -0.475. The maximum atomic E-state index is 14.0. The highest BCUT2D eigenvalue weighted by Gasteiger charge is 2.26. The molecule has 2 rings (SSSR count). The quantitative estimate of drug-likeness (QED) is 0.685. The Morgan fingerprint density at radius 2 is 1.95 bits per heavy atom. The summed E-state index contributed by atoms with van der Waals surface area (Å²) in [5.41, 5.74) is 6.37. The zero-order chi connectivity index (χ0) is 15.4. The van der Waals surface area contributed by atoms with Crippen LogP contribution in [0.2, 0.25) is 0 Å². The maximum Gasteiger partial charge on any atom is 0.191 e. The van der Waals surface area contributed by atoms with Crippen LogP contribution in [0.25, 0.3) is 0 Å². The lowest BCUT2D eigenvalue weighted by atomic mass is 10.0. The molecule has 116 valence electrons. The Balaban J connectivity index is 2.09. The van der Waals surface area contributed by atoms with Crippen molar-refractivity contribution in [3.8, 4) is 0 Å². The highest BCUT2D eigenvalue weighted by molar-refractivity contribution is 5.78. The fourth-order valence-electron chi connectivity index (χ4n) is 2.85. The smallest absolute Gasteiger partial charge is 0.191 e. The molecule has 21 heavy (non-hydrogen) atoms. The molecule has 0 radical (unpaired) electrons. The van der Waals surface area contributed by atoms with Gasteiger partial charge in [0.2, 0.25) is 0 Å². The summed E-state index contributed by atoms with van der Waals surface area (Å²) in [4.78, 5) is 8.22. The van der Waals surface area contributed by atoms with Gasteiger partial charge in [-0.25, -0.2) is 8.78 Å². The highest BCUT2D eigenvalue weighted by atomic mass is 19.1. The zero-order valence-corrected chi connectivity index (χ0v) is 12.5. The summed E-state index contributed by atoms with van der Waals surface area (Å²) in [7, 11) is 1.67. The first kappa shape index (κ1) is 15.7. The number of aliphatic imine (C=N–C) groups is 1. The lowest BCUT2D eigenvalue weighted by Gasteiger charge is -2.39. The summed E-state index contributed by atoms with van der Waals surface area (Å²) < 4.78 is 27.0. The van der Waals surface area contributed by atoms with Crippen LogP contribution in [0.1, 0.15) is 24.9 Å². The predicted octanol–water partition coefficient (Wildman–Crippen LogP) is 1.98. The van der Waals surface area contributed by atoms with Crippen molar-refractivity contribution >= 4 is 5.96 Å². The first-order valence-corrected chi connectivity index (χ1v) is 7.23. The predicted molar refractivity (Wildman–Crippen MR) is 80.1 cm³/mol. The third-order valence-corrected chi connectivity index (χ3v) is 4.02. The number of hydrogen-bond donors (Lipinski definition) is 1. The number of hydrogen-bond acceptors (Lipinski definition) is 2. The molecule has 0 amide bonds. The van der Waals surface area contributed by atoms with Crippen LogP contribution in [0, 0.1) is 11.6 Å². The van der Waals surface area contributed by atoms with Crippen LogP contribution in [0.4, 0.5) is 8.78 Å². The molecule has 1 saturated heterocycles. The highest BCUT2D eigenvalue weighted by Crippen LogP contribution is 2.27. The Kier molecular flexibility index (Phi) is 5.12. The Bertz CT molecular complexity index is 510. The van der Waals surface area contributed by atoms with Crippen LogP contribution >= 0.6 is 0 Å². The van der Waals surface area contributed by atoms with Crippen LogP contribution in [0.5, 0.6) is 0 Å². The minimum absolute atomic E-state index is 0.0347. The molecule has 1 unspecified atom stereocenters. The molecule has 0 saturated carbocycles. The van der Waals surface area contributed by atoms with E-state index in [1.165, 1.54) is 6.07 Å². The monoisotopic (exact) mass is 296 g/mol. The molecule has 6 heteroatoms. The topological polar surface area (TPSA) is 44.9 Å². The van der Waals surface area contributed by atoms with Gasteiger partial charge < -0.3 is 10.6 Å². The van der Waals surface area contributed by atoms with Crippen molar-refractivity contribution in [2.24, 2.45) is 10.7 Å². The van der Waals surface area contributed by atoms with E-state index >= 15 is 0 Å². The van der Waals surface area contributed by atoms with Gasteiger partial charge in [0.1, 0.15) is 11.6 Å². The number of nitrogens with zero attached hydrogens (tertiary/aromatic N) is 3. The van der Waals surface area contributed by atoms with Crippen LogP contribution in [0.3, 0.4) is 0 Å². The first-order valence-electron chi connectivity index (χ1n) is 7.23. The van der Waals surface area contributed by atoms with Crippen LogP contribution in [0.15, 0.2) is 23.2 Å². The van der Waals surface area contributed by atoms with E-state index in [0.717, 1.165) is 38.7 Å². The average Bonchev–Trinajstić information content (AvgIpc) is 2.50. The van der Waals surface area contributed by atoms with Crippen LogP contribution in [-0.2, 0) is 0 Å². The van der Waals surface area contributed by atoms with Gasteiger partial charge >= 0.3 is 0 Å². The third kappa shape index (κ3) is 3.50. The summed E-state index contributed by atoms with van der Waals surface area (Å²) in [6.45, 7) is 5.11. The van der Waals surface area contributed by atoms with Gasteiger partial charge in [0.15, 0.2) is 5.96 Å². The van der Waals surface area contributed by atoms with E-state index in [-0.39, 0.29) is 6.04 Å². The average molecular weight is 296 g/mol. The number of benzene rings is 1. The molecule has 2 N–H and O–H groups in total. The number of piperazine rings is 1. The summed E-state index contributed by atoms with van der Waals surface area (Å²) in [6.07, 6.45) is 0.778. The van der Waals surface area contributed by atoms with E-state index in [2.05, 4.69) is 9.89 Å². The maximum absolute atomic E-state index is 14.0.